The van der Waals surface area contributed by atoms with E-state index in [1.807, 2.05) is 12.1 Å². The normalized spacial score (nSPS) is 14.0. The van der Waals surface area contributed by atoms with E-state index in [1.54, 1.807) is 7.11 Å². The molecule has 0 fully saturated rings. The molecule has 4 aromatic rings. The first-order chi connectivity index (χ1) is 13.3. The molecular formula is C19H17F6N2OP. The van der Waals surface area contributed by atoms with Crippen LogP contribution in [0.4, 0.5) is 25.2 Å². The Labute approximate surface area is 162 Å². The summed E-state index contributed by atoms with van der Waals surface area (Å²) in [7, 11) is -8.97. The Kier molecular flexibility index (Phi) is 4.78. The van der Waals surface area contributed by atoms with Crippen LogP contribution in [0, 0.1) is 0 Å². The van der Waals surface area contributed by atoms with Crippen LogP contribution in [0.15, 0.2) is 73.2 Å². The van der Waals surface area contributed by atoms with Crippen LogP contribution in [0.25, 0.3) is 16.4 Å². The molecule has 3 nitrogen and oxygen atoms in total. The molecule has 29 heavy (non-hydrogen) atoms. The zero-order valence-corrected chi connectivity index (χ0v) is 16.0. The molecule has 2 heterocycles. The van der Waals surface area contributed by atoms with Gasteiger partial charge < -0.3 is 4.74 Å². The number of benzene rings is 2. The summed E-state index contributed by atoms with van der Waals surface area (Å²) in [5.41, 5.74) is 2.45. The monoisotopic (exact) mass is 434 g/mol. The van der Waals surface area contributed by atoms with Gasteiger partial charge in [-0.1, -0.05) is 36.4 Å². The SMILES string of the molecule is COc1ccc(C[n+]2ccn3cc4ccccc4cc32)cc1.F[P-](F)(F)(F)(F)F. The van der Waals surface area contributed by atoms with Gasteiger partial charge in [0.2, 0.25) is 0 Å². The molecule has 0 saturated carbocycles. The number of aromatic nitrogens is 2. The molecule has 2 aromatic heterocycles. The van der Waals surface area contributed by atoms with Crippen LogP contribution in [0.2, 0.25) is 0 Å². The molecule has 0 aliphatic heterocycles. The number of imidazole rings is 1. The number of hydrogen-bond donors (Lipinski definition) is 0. The van der Waals surface area contributed by atoms with Gasteiger partial charge in [0.1, 0.15) is 30.9 Å². The second-order valence-corrected chi connectivity index (χ2v) is 8.32. The number of methoxy groups -OCH3 is 1. The van der Waals surface area contributed by atoms with Gasteiger partial charge in [0, 0.05) is 11.5 Å². The molecule has 0 aliphatic rings. The Balaban J connectivity index is 0.000000298. The Hall–Kier alpha value is -2.80. The fourth-order valence-electron chi connectivity index (χ4n) is 2.83. The Morgan fingerprint density at radius 2 is 1.48 bits per heavy atom. The van der Waals surface area contributed by atoms with Crippen molar-refractivity contribution in [3.63, 3.8) is 0 Å². The van der Waals surface area contributed by atoms with Crippen molar-refractivity contribution in [2.75, 3.05) is 7.11 Å². The summed E-state index contributed by atoms with van der Waals surface area (Å²) in [6.07, 6.45) is 6.40. The van der Waals surface area contributed by atoms with Gasteiger partial charge in [0.25, 0.3) is 5.65 Å². The molecule has 0 unspecified atom stereocenters. The molecule has 10 heteroatoms. The average molecular weight is 434 g/mol. The van der Waals surface area contributed by atoms with Crippen LogP contribution in [0.1, 0.15) is 5.56 Å². The number of nitrogens with zero attached hydrogens (tertiary/aromatic N) is 2. The van der Waals surface area contributed by atoms with Crippen molar-refractivity contribution in [1.82, 2.24) is 4.40 Å². The number of rotatable bonds is 3. The van der Waals surface area contributed by atoms with Crippen LogP contribution in [-0.2, 0) is 6.54 Å². The summed E-state index contributed by atoms with van der Waals surface area (Å²) in [5.74, 6) is 0.890. The third-order valence-electron chi connectivity index (χ3n) is 4.04. The molecule has 0 bridgehead atoms. The summed E-state index contributed by atoms with van der Waals surface area (Å²) < 4.78 is 68.8. The van der Waals surface area contributed by atoms with Crippen molar-refractivity contribution >= 4 is 24.2 Å². The summed E-state index contributed by atoms with van der Waals surface area (Å²) in [4.78, 5) is 0. The molecule has 0 N–H and O–H groups in total. The molecule has 2 aromatic carbocycles. The van der Waals surface area contributed by atoms with E-state index in [0.29, 0.717) is 0 Å². The van der Waals surface area contributed by atoms with Gasteiger partial charge in [-0.25, -0.2) is 8.97 Å². The minimum absolute atomic E-state index is 0.846. The minimum atomic E-state index is -10.7. The van der Waals surface area contributed by atoms with E-state index in [4.69, 9.17) is 4.74 Å². The van der Waals surface area contributed by atoms with Crippen molar-refractivity contribution in [2.24, 2.45) is 0 Å². The Morgan fingerprint density at radius 3 is 2.07 bits per heavy atom. The van der Waals surface area contributed by atoms with Gasteiger partial charge in [-0.2, -0.15) is 0 Å². The number of fused-ring (bicyclic) bond motifs is 2. The standard InChI is InChI=1S/C19H17N2O.F6P/c1-22-18-8-6-15(7-9-18)13-20-10-11-21-14-17-5-3-2-4-16(17)12-19(20)21;1-7(2,3,4,5)6/h2-12,14H,13H2,1H3;/q+1;-1. The van der Waals surface area contributed by atoms with Gasteiger partial charge in [0.15, 0.2) is 0 Å². The van der Waals surface area contributed by atoms with Crippen molar-refractivity contribution in [3.8, 4) is 5.75 Å². The summed E-state index contributed by atoms with van der Waals surface area (Å²) in [6.45, 7) is 0.846. The average Bonchev–Trinajstić information content (AvgIpc) is 2.99. The molecule has 156 valence electrons. The summed E-state index contributed by atoms with van der Waals surface area (Å²) >= 11 is 0. The predicted molar refractivity (Wildman–Crippen MR) is 101 cm³/mol. The van der Waals surface area contributed by atoms with Gasteiger partial charge in [-0.3, -0.25) is 0 Å². The first-order valence-electron chi connectivity index (χ1n) is 8.37. The fourth-order valence-corrected chi connectivity index (χ4v) is 2.83. The van der Waals surface area contributed by atoms with E-state index in [9.17, 15) is 25.2 Å². The fraction of sp³-hybridized carbons (Fsp3) is 0.105. The van der Waals surface area contributed by atoms with E-state index in [0.717, 1.165) is 12.3 Å². The zero-order valence-electron chi connectivity index (χ0n) is 15.2. The molecule has 0 amide bonds. The van der Waals surface area contributed by atoms with E-state index >= 15 is 0 Å². The van der Waals surface area contributed by atoms with Crippen molar-refractivity contribution in [1.29, 1.82) is 0 Å². The Bertz CT molecular complexity index is 1140. The molecule has 0 saturated heterocycles. The van der Waals surface area contributed by atoms with E-state index in [-0.39, 0.29) is 0 Å². The van der Waals surface area contributed by atoms with E-state index in [1.165, 1.54) is 22.0 Å². The summed E-state index contributed by atoms with van der Waals surface area (Å²) in [5, 5.41) is 2.51. The maximum atomic E-state index is 9.87. The summed E-state index contributed by atoms with van der Waals surface area (Å²) in [6, 6.07) is 18.9. The number of pyridine rings is 1. The molecule has 4 rings (SSSR count). The molecule has 0 spiro atoms. The first kappa shape index (κ1) is 20.9. The van der Waals surface area contributed by atoms with Crippen LogP contribution in [0.3, 0.4) is 0 Å². The maximum absolute atomic E-state index is 10.7. The third-order valence-corrected chi connectivity index (χ3v) is 4.04. The van der Waals surface area contributed by atoms with Gasteiger partial charge in [-0.05, 0) is 23.1 Å². The number of hydrogen-bond acceptors (Lipinski definition) is 1. The van der Waals surface area contributed by atoms with Gasteiger partial charge in [0.05, 0.1) is 7.11 Å². The quantitative estimate of drug-likeness (QED) is 0.197. The van der Waals surface area contributed by atoms with Crippen molar-refractivity contribution in [3.05, 3.63) is 78.8 Å². The van der Waals surface area contributed by atoms with Crippen molar-refractivity contribution in [2.45, 2.75) is 6.54 Å². The predicted octanol–water partition coefficient (Wildman–Crippen LogP) is 6.82. The van der Waals surface area contributed by atoms with Gasteiger partial charge >= 0.3 is 33.0 Å². The molecule has 0 radical (unpaired) electrons. The van der Waals surface area contributed by atoms with Crippen LogP contribution < -0.4 is 9.30 Å². The Morgan fingerprint density at radius 1 is 0.897 bits per heavy atom. The first-order valence-corrected chi connectivity index (χ1v) is 10.4. The molecule has 0 atom stereocenters. The van der Waals surface area contributed by atoms with Crippen molar-refractivity contribution < 1.29 is 34.5 Å². The van der Waals surface area contributed by atoms with Crippen LogP contribution in [0.5, 0.6) is 5.75 Å². The number of halogens is 6. The van der Waals surface area contributed by atoms with Crippen LogP contribution >= 0.6 is 7.81 Å². The molecule has 0 aliphatic carbocycles. The zero-order chi connectivity index (χ0) is 21.3. The second-order valence-electron chi connectivity index (χ2n) is 6.40. The van der Waals surface area contributed by atoms with Crippen LogP contribution in [-0.4, -0.2) is 11.5 Å². The third kappa shape index (κ3) is 6.64. The van der Waals surface area contributed by atoms with E-state index < -0.39 is 7.81 Å². The number of ether oxygens (including phenoxy) is 1. The second kappa shape index (κ2) is 6.62. The topological polar surface area (TPSA) is 17.5 Å². The molecular weight excluding hydrogens is 417 g/mol. The van der Waals surface area contributed by atoms with Gasteiger partial charge in [-0.15, -0.1) is 0 Å². The van der Waals surface area contributed by atoms with E-state index in [2.05, 4.69) is 70.0 Å².